The van der Waals surface area contributed by atoms with Gasteiger partial charge in [0, 0.05) is 59.4 Å². The lowest BCUT2D eigenvalue weighted by Gasteiger charge is -2.15. The highest BCUT2D eigenvalue weighted by molar-refractivity contribution is 7.26. The largest absolute Gasteiger partial charge is 0.309 e. The Morgan fingerprint density at radius 3 is 1.64 bits per heavy atom. The minimum Gasteiger partial charge on any atom is -0.309 e. The molecule has 0 aliphatic rings. The first-order chi connectivity index (χ1) is 35.3. The number of benzene rings is 10. The van der Waals surface area contributed by atoms with Gasteiger partial charge in [0.2, 0.25) is 0 Å². The van der Waals surface area contributed by atoms with Gasteiger partial charge >= 0.3 is 0 Å². The van der Waals surface area contributed by atoms with Crippen LogP contribution in [0, 0.1) is 0 Å². The molecule has 0 amide bonds. The maximum absolute atomic E-state index is 9.06. The third kappa shape index (κ3) is 5.97. The molecule has 14 rings (SSSR count). The van der Waals surface area contributed by atoms with Crippen molar-refractivity contribution >= 4 is 85.9 Å². The van der Waals surface area contributed by atoms with Crippen LogP contribution in [0.2, 0.25) is 0 Å². The Morgan fingerprint density at radius 1 is 0.358 bits per heavy atom. The Labute approximate surface area is 396 Å². The normalized spacial score (nSPS) is 12.9. The van der Waals surface area contributed by atoms with Crippen molar-refractivity contribution in [1.29, 1.82) is 0 Å². The van der Waals surface area contributed by atoms with Gasteiger partial charge in [-0.25, -0.2) is 15.0 Å². The third-order valence-corrected chi connectivity index (χ3v) is 14.3. The van der Waals surface area contributed by atoms with Gasteiger partial charge in [0.05, 0.1) is 39.3 Å². The van der Waals surface area contributed by atoms with Crippen molar-refractivity contribution in [3.05, 3.63) is 224 Å². The minimum atomic E-state index is -0.417. The lowest BCUT2D eigenvalue weighted by atomic mass is 10.0. The molecule has 0 aliphatic carbocycles. The van der Waals surface area contributed by atoms with Crippen molar-refractivity contribution in [2.75, 3.05) is 0 Å². The number of aromatic nitrogens is 5. The first-order valence-corrected chi connectivity index (χ1v) is 23.0. The zero-order valence-corrected chi connectivity index (χ0v) is 36.4. The summed E-state index contributed by atoms with van der Waals surface area (Å²) in [6.45, 7) is 0. The van der Waals surface area contributed by atoms with Crippen molar-refractivity contribution in [2.24, 2.45) is 0 Å². The summed E-state index contributed by atoms with van der Waals surface area (Å²) in [5.74, 6) is 1.69. The van der Waals surface area contributed by atoms with Crippen molar-refractivity contribution in [3.8, 4) is 56.7 Å². The third-order valence-electron chi connectivity index (χ3n) is 13.0. The van der Waals surface area contributed by atoms with E-state index in [2.05, 4.69) is 149 Å². The Morgan fingerprint density at radius 2 is 0.925 bits per heavy atom. The molecular formula is C61H37N5S. The van der Waals surface area contributed by atoms with Crippen LogP contribution < -0.4 is 0 Å². The van der Waals surface area contributed by atoms with Gasteiger partial charge in [0.15, 0.2) is 17.5 Å². The van der Waals surface area contributed by atoms with Gasteiger partial charge < -0.3 is 9.13 Å². The SMILES string of the molecule is [2H]c1c([2H])c([2H])c(-c2cccc3c2sc2c(-n4c5ccccc5c5ccc(-c6nc(-c7ccccc7)nc(-c7ccc8ccccc8c7)n6)cc54)cc(-n4c5ccccc5c5ccccc54)cc23)c([2H])c1[2H]. The predicted molar refractivity (Wildman–Crippen MR) is 281 cm³/mol. The summed E-state index contributed by atoms with van der Waals surface area (Å²) >= 11 is 1.57. The van der Waals surface area contributed by atoms with Gasteiger partial charge in [0.25, 0.3) is 0 Å². The number of para-hydroxylation sites is 3. The fourth-order valence-corrected chi connectivity index (χ4v) is 11.3. The second-order valence-corrected chi connectivity index (χ2v) is 17.8. The van der Waals surface area contributed by atoms with Gasteiger partial charge in [-0.1, -0.05) is 182 Å². The summed E-state index contributed by atoms with van der Waals surface area (Å²) in [6.07, 6.45) is 0. The van der Waals surface area contributed by atoms with E-state index in [0.717, 1.165) is 103 Å². The number of hydrogen-bond acceptors (Lipinski definition) is 4. The summed E-state index contributed by atoms with van der Waals surface area (Å²) in [7, 11) is 0. The second-order valence-electron chi connectivity index (χ2n) is 16.8. The highest BCUT2D eigenvalue weighted by Gasteiger charge is 2.23. The summed E-state index contributed by atoms with van der Waals surface area (Å²) in [5.41, 5.74) is 9.34. The molecule has 0 N–H and O–H groups in total. The zero-order valence-electron chi connectivity index (χ0n) is 40.6. The Hall–Kier alpha value is -8.71. The van der Waals surface area contributed by atoms with E-state index in [9.17, 15) is 0 Å². The number of fused-ring (bicyclic) bond motifs is 10. The molecule has 0 bridgehead atoms. The van der Waals surface area contributed by atoms with E-state index in [1.54, 1.807) is 11.3 Å². The van der Waals surface area contributed by atoms with E-state index < -0.39 is 6.04 Å². The minimum absolute atomic E-state index is 0.180. The van der Waals surface area contributed by atoms with Gasteiger partial charge in [-0.15, -0.1) is 11.3 Å². The Balaban J connectivity index is 1.07. The van der Waals surface area contributed by atoms with Crippen LogP contribution in [-0.2, 0) is 0 Å². The lowest BCUT2D eigenvalue weighted by Crippen LogP contribution is -2.01. The van der Waals surface area contributed by atoms with Crippen LogP contribution in [0.1, 0.15) is 6.85 Å². The van der Waals surface area contributed by atoms with Crippen molar-refractivity contribution < 1.29 is 6.85 Å². The highest BCUT2D eigenvalue weighted by atomic mass is 32.1. The van der Waals surface area contributed by atoms with E-state index >= 15 is 0 Å². The first-order valence-electron chi connectivity index (χ1n) is 24.7. The van der Waals surface area contributed by atoms with Crippen LogP contribution in [0.5, 0.6) is 0 Å². The van der Waals surface area contributed by atoms with E-state index in [1.807, 2.05) is 54.6 Å². The summed E-state index contributed by atoms with van der Waals surface area (Å²) in [5, 5.41) is 8.55. The Kier molecular flexibility index (Phi) is 7.32. The standard InChI is InChI=1S/C61H37N5S/c1-3-17-39(18-4-1)45-25-15-26-50-51-36-44(65-52-27-12-9-22-46(52)47-23-10-13-28-53(47)65)37-56(58(51)67-57(45)50)66-54-29-14-11-24-48(54)49-33-32-43(35-55(49)66)61-63-59(40-19-5-2-6-20-40)62-60(64-61)42-31-30-38-16-7-8-21-41(38)34-42/h1-37H/i1D,3D,4D,17D,18D. The predicted octanol–water partition coefficient (Wildman–Crippen LogP) is 16.3. The van der Waals surface area contributed by atoms with E-state index in [4.69, 9.17) is 21.8 Å². The van der Waals surface area contributed by atoms with E-state index in [0.29, 0.717) is 23.0 Å². The molecule has 0 saturated carbocycles. The van der Waals surface area contributed by atoms with Crippen molar-refractivity contribution in [2.45, 2.75) is 0 Å². The van der Waals surface area contributed by atoms with Crippen LogP contribution in [0.4, 0.5) is 0 Å². The first kappa shape index (κ1) is 32.9. The quantitative estimate of drug-likeness (QED) is 0.167. The van der Waals surface area contributed by atoms with Crippen LogP contribution in [0.3, 0.4) is 0 Å². The van der Waals surface area contributed by atoms with Gasteiger partial charge in [-0.2, -0.15) is 0 Å². The maximum Gasteiger partial charge on any atom is 0.164 e. The smallest absolute Gasteiger partial charge is 0.164 e. The van der Waals surface area contributed by atoms with Crippen LogP contribution in [0.25, 0.3) is 131 Å². The molecule has 0 radical (unpaired) electrons. The Bertz CT molecular complexity index is 4510. The monoisotopic (exact) mass is 876 g/mol. The summed E-state index contributed by atoms with van der Waals surface area (Å²) in [6, 6.07) is 65.3. The zero-order chi connectivity index (χ0) is 48.4. The molecule has 0 saturated heterocycles. The van der Waals surface area contributed by atoms with Crippen LogP contribution in [0.15, 0.2) is 224 Å². The molecule has 67 heavy (non-hydrogen) atoms. The number of nitrogens with zero attached hydrogens (tertiary/aromatic N) is 5. The summed E-state index contributed by atoms with van der Waals surface area (Å²) in [4.78, 5) is 15.5. The number of thiophene rings is 1. The van der Waals surface area contributed by atoms with Gasteiger partial charge in [0.1, 0.15) is 0 Å². The average Bonchev–Trinajstić information content (AvgIpc) is 4.10. The maximum atomic E-state index is 9.06. The van der Waals surface area contributed by atoms with Gasteiger partial charge in [-0.3, -0.25) is 0 Å². The van der Waals surface area contributed by atoms with Crippen LogP contribution >= 0.6 is 11.3 Å². The van der Waals surface area contributed by atoms with E-state index in [-0.39, 0.29) is 29.7 Å². The van der Waals surface area contributed by atoms with Gasteiger partial charge in [-0.05, 0) is 64.4 Å². The molecule has 0 spiro atoms. The fraction of sp³-hybridized carbons (Fsp3) is 0. The summed E-state index contributed by atoms with van der Waals surface area (Å²) < 4.78 is 50.2. The lowest BCUT2D eigenvalue weighted by molar-refractivity contribution is 1.07. The molecule has 14 aromatic rings. The topological polar surface area (TPSA) is 48.5 Å². The fourth-order valence-electron chi connectivity index (χ4n) is 9.99. The average molecular weight is 877 g/mol. The number of hydrogen-bond donors (Lipinski definition) is 0. The molecular weight excluding hydrogens is 835 g/mol. The van der Waals surface area contributed by atoms with E-state index in [1.165, 1.54) is 0 Å². The highest BCUT2D eigenvalue weighted by Crippen LogP contribution is 2.46. The molecule has 0 fully saturated rings. The van der Waals surface area contributed by atoms with Crippen molar-refractivity contribution in [3.63, 3.8) is 0 Å². The molecule has 0 unspecified atom stereocenters. The molecule has 5 nitrogen and oxygen atoms in total. The molecule has 312 valence electrons. The van der Waals surface area contributed by atoms with Crippen LogP contribution in [-0.4, -0.2) is 24.1 Å². The molecule has 6 heteroatoms. The molecule has 4 aromatic heterocycles. The molecule has 4 heterocycles. The van der Waals surface area contributed by atoms with Crippen molar-refractivity contribution in [1.82, 2.24) is 24.1 Å². The molecule has 10 aromatic carbocycles. The second kappa shape index (κ2) is 14.9. The molecule has 0 atom stereocenters. The molecule has 0 aliphatic heterocycles. The number of rotatable bonds is 6.